The zero-order chi connectivity index (χ0) is 14.7. The summed E-state index contributed by atoms with van der Waals surface area (Å²) in [7, 11) is 1.89. The molecule has 1 fully saturated rings. The lowest BCUT2D eigenvalue weighted by atomic mass is 10.0. The number of benzene rings is 1. The molecule has 108 valence electrons. The van der Waals surface area contributed by atoms with Crippen LogP contribution in [-0.2, 0) is 0 Å². The molecule has 2 rings (SSSR count). The van der Waals surface area contributed by atoms with E-state index in [1.165, 1.54) is 18.2 Å². The molecule has 1 aromatic carbocycles. The number of likely N-dealkylation sites (tertiary alicyclic amines) is 1. The molecule has 1 aromatic rings. The van der Waals surface area contributed by atoms with Gasteiger partial charge in [-0.15, -0.1) is 0 Å². The summed E-state index contributed by atoms with van der Waals surface area (Å²) in [6.45, 7) is 1.18. The summed E-state index contributed by atoms with van der Waals surface area (Å²) >= 11 is 5.85. The van der Waals surface area contributed by atoms with Crippen LogP contribution in [0.2, 0.25) is 5.02 Å². The van der Waals surface area contributed by atoms with Gasteiger partial charge in [0.25, 0.3) is 11.6 Å². The van der Waals surface area contributed by atoms with Crippen LogP contribution in [0, 0.1) is 10.1 Å². The lowest BCUT2D eigenvalue weighted by Crippen LogP contribution is -2.44. The number of nitro groups is 1. The summed E-state index contributed by atoms with van der Waals surface area (Å²) < 4.78 is 0. The van der Waals surface area contributed by atoms with Gasteiger partial charge in [-0.1, -0.05) is 11.6 Å². The lowest BCUT2D eigenvalue weighted by molar-refractivity contribution is -0.385. The van der Waals surface area contributed by atoms with Crippen LogP contribution in [-0.4, -0.2) is 41.9 Å². The number of carbonyl (C=O) groups is 1. The molecule has 1 saturated heterocycles. The molecule has 6 nitrogen and oxygen atoms in total. The van der Waals surface area contributed by atoms with Crippen molar-refractivity contribution in [3.05, 3.63) is 38.9 Å². The Morgan fingerprint density at radius 3 is 2.65 bits per heavy atom. The maximum absolute atomic E-state index is 12.4. The average Bonchev–Trinajstić information content (AvgIpc) is 2.46. The highest BCUT2D eigenvalue weighted by molar-refractivity contribution is 6.31. The molecule has 0 aliphatic carbocycles. The van der Waals surface area contributed by atoms with Crippen LogP contribution in [0.4, 0.5) is 5.69 Å². The molecule has 0 saturated carbocycles. The Balaban J connectivity index is 2.21. The Morgan fingerprint density at radius 2 is 2.10 bits per heavy atom. The van der Waals surface area contributed by atoms with E-state index in [4.69, 9.17) is 11.6 Å². The van der Waals surface area contributed by atoms with Crippen molar-refractivity contribution in [3.63, 3.8) is 0 Å². The summed E-state index contributed by atoms with van der Waals surface area (Å²) in [4.78, 5) is 24.5. The number of piperidine rings is 1. The van der Waals surface area contributed by atoms with E-state index in [1.807, 2.05) is 7.05 Å². The number of nitrogens with one attached hydrogen (secondary N) is 1. The van der Waals surface area contributed by atoms with E-state index >= 15 is 0 Å². The second-order valence-corrected chi connectivity index (χ2v) is 5.21. The van der Waals surface area contributed by atoms with Gasteiger partial charge in [0.15, 0.2) is 0 Å². The number of halogens is 1. The van der Waals surface area contributed by atoms with Crippen LogP contribution in [0.5, 0.6) is 0 Å². The van der Waals surface area contributed by atoms with Crippen molar-refractivity contribution < 1.29 is 9.72 Å². The molecule has 1 N–H and O–H groups in total. The van der Waals surface area contributed by atoms with Gasteiger partial charge >= 0.3 is 0 Å². The number of hydrogen-bond acceptors (Lipinski definition) is 4. The van der Waals surface area contributed by atoms with Gasteiger partial charge in [0.1, 0.15) is 5.56 Å². The first kappa shape index (κ1) is 14.7. The number of nitrogens with zero attached hydrogens (tertiary/aromatic N) is 2. The van der Waals surface area contributed by atoms with Gasteiger partial charge < -0.3 is 10.2 Å². The third-order valence-corrected chi connectivity index (χ3v) is 3.81. The zero-order valence-electron chi connectivity index (χ0n) is 11.1. The molecule has 7 heteroatoms. The van der Waals surface area contributed by atoms with E-state index in [0.717, 1.165) is 12.8 Å². The first-order chi connectivity index (χ1) is 9.52. The molecule has 1 aliphatic rings. The normalized spacial score (nSPS) is 16.2. The van der Waals surface area contributed by atoms with Gasteiger partial charge in [-0.25, -0.2) is 0 Å². The number of rotatable bonds is 3. The summed E-state index contributed by atoms with van der Waals surface area (Å²) in [6.07, 6.45) is 1.69. The topological polar surface area (TPSA) is 75.5 Å². The maximum atomic E-state index is 12.4. The van der Waals surface area contributed by atoms with Crippen molar-refractivity contribution in [3.8, 4) is 0 Å². The lowest BCUT2D eigenvalue weighted by Gasteiger charge is -2.31. The highest BCUT2D eigenvalue weighted by atomic mass is 35.5. The van der Waals surface area contributed by atoms with Crippen molar-refractivity contribution in [1.82, 2.24) is 10.2 Å². The van der Waals surface area contributed by atoms with Crippen molar-refractivity contribution >= 4 is 23.2 Å². The van der Waals surface area contributed by atoms with Crippen molar-refractivity contribution in [2.24, 2.45) is 0 Å². The molecule has 0 atom stereocenters. The van der Waals surface area contributed by atoms with Crippen LogP contribution < -0.4 is 5.32 Å². The summed E-state index contributed by atoms with van der Waals surface area (Å²) in [5, 5.41) is 14.5. The smallest absolute Gasteiger partial charge is 0.282 e. The third kappa shape index (κ3) is 3.08. The highest BCUT2D eigenvalue weighted by Crippen LogP contribution is 2.25. The van der Waals surface area contributed by atoms with Crippen molar-refractivity contribution in [2.45, 2.75) is 18.9 Å². The van der Waals surface area contributed by atoms with Gasteiger partial charge in [-0.3, -0.25) is 14.9 Å². The molecule has 0 spiro atoms. The Bertz CT molecular complexity index is 528. The van der Waals surface area contributed by atoms with E-state index in [0.29, 0.717) is 24.2 Å². The van der Waals surface area contributed by atoms with Crippen LogP contribution in [0.1, 0.15) is 23.2 Å². The Labute approximate surface area is 121 Å². The molecule has 0 bridgehead atoms. The molecule has 1 aliphatic heterocycles. The van der Waals surface area contributed by atoms with Gasteiger partial charge in [0.2, 0.25) is 0 Å². The number of hydrogen-bond donors (Lipinski definition) is 1. The van der Waals surface area contributed by atoms with Crippen LogP contribution >= 0.6 is 11.6 Å². The van der Waals surface area contributed by atoms with E-state index in [9.17, 15) is 14.9 Å². The van der Waals surface area contributed by atoms with Gasteiger partial charge in [-0.05, 0) is 32.0 Å². The van der Waals surface area contributed by atoms with Crippen molar-refractivity contribution in [2.75, 3.05) is 20.1 Å². The summed E-state index contributed by atoms with van der Waals surface area (Å²) in [5.41, 5.74) is -0.138. The predicted molar refractivity (Wildman–Crippen MR) is 76.1 cm³/mol. The molecular formula is C13H16ClN3O3. The minimum atomic E-state index is -0.552. The highest BCUT2D eigenvalue weighted by Gasteiger charge is 2.27. The molecular weight excluding hydrogens is 282 g/mol. The Hall–Kier alpha value is -1.66. The molecule has 1 heterocycles. The Morgan fingerprint density at radius 1 is 1.45 bits per heavy atom. The zero-order valence-corrected chi connectivity index (χ0v) is 11.9. The van der Waals surface area contributed by atoms with Crippen LogP contribution in [0.3, 0.4) is 0 Å². The number of amides is 1. The molecule has 1 amide bonds. The third-order valence-electron chi connectivity index (χ3n) is 3.58. The van der Waals surface area contributed by atoms with Gasteiger partial charge in [-0.2, -0.15) is 0 Å². The van der Waals surface area contributed by atoms with Crippen LogP contribution in [0.15, 0.2) is 18.2 Å². The predicted octanol–water partition coefficient (Wildman–Crippen LogP) is 2.07. The minimum Gasteiger partial charge on any atom is -0.338 e. The first-order valence-corrected chi connectivity index (χ1v) is 6.81. The largest absolute Gasteiger partial charge is 0.338 e. The number of nitro benzene ring substituents is 1. The van der Waals surface area contributed by atoms with Crippen molar-refractivity contribution in [1.29, 1.82) is 0 Å². The van der Waals surface area contributed by atoms with Gasteiger partial charge in [0.05, 0.1) is 4.92 Å². The summed E-state index contributed by atoms with van der Waals surface area (Å²) in [5.74, 6) is -0.325. The molecule has 20 heavy (non-hydrogen) atoms. The van der Waals surface area contributed by atoms with E-state index < -0.39 is 4.92 Å². The second kappa shape index (κ2) is 6.19. The first-order valence-electron chi connectivity index (χ1n) is 6.43. The van der Waals surface area contributed by atoms with E-state index in [-0.39, 0.29) is 17.2 Å². The fourth-order valence-electron chi connectivity index (χ4n) is 2.38. The van der Waals surface area contributed by atoms with E-state index in [1.54, 1.807) is 4.90 Å². The summed E-state index contributed by atoms with van der Waals surface area (Å²) in [6, 6.07) is 4.46. The molecule has 0 radical (unpaired) electrons. The minimum absolute atomic E-state index is 0.0606. The van der Waals surface area contributed by atoms with Crippen LogP contribution in [0.25, 0.3) is 0 Å². The quantitative estimate of drug-likeness (QED) is 0.684. The monoisotopic (exact) mass is 297 g/mol. The molecule has 0 aromatic heterocycles. The standard InChI is InChI=1S/C13H16ClN3O3/c1-15-10-4-6-16(7-5-10)13(18)11-8-9(14)2-3-12(11)17(19)20/h2-3,8,10,15H,4-7H2,1H3. The number of carbonyl (C=O) groups excluding carboxylic acids is 1. The fraction of sp³-hybridized carbons (Fsp3) is 0.462. The molecule has 0 unspecified atom stereocenters. The SMILES string of the molecule is CNC1CCN(C(=O)c2cc(Cl)ccc2[N+](=O)[O-])CC1. The second-order valence-electron chi connectivity index (χ2n) is 4.77. The van der Waals surface area contributed by atoms with E-state index in [2.05, 4.69) is 5.32 Å². The van der Waals surface area contributed by atoms with Gasteiger partial charge in [0, 0.05) is 30.2 Å². The maximum Gasteiger partial charge on any atom is 0.282 e. The fourth-order valence-corrected chi connectivity index (χ4v) is 2.55. The average molecular weight is 298 g/mol. The Kier molecular flexibility index (Phi) is 4.57.